The maximum Gasteiger partial charge on any atom is 0.408 e. The van der Waals surface area contributed by atoms with Gasteiger partial charge in [-0.2, -0.15) is 0 Å². The van der Waals surface area contributed by atoms with Gasteiger partial charge in [0.05, 0.1) is 5.41 Å². The van der Waals surface area contributed by atoms with Crippen molar-refractivity contribution in [2.75, 3.05) is 6.07 Å². The molecule has 3 saturated carbocycles. The highest BCUT2D eigenvalue weighted by molar-refractivity contribution is 6.17. The Labute approximate surface area is 118 Å². The maximum absolute atomic E-state index is 11.8. The number of alkyl carbamates (subject to hydrolysis) is 1. The summed E-state index contributed by atoms with van der Waals surface area (Å²) in [6.45, 7) is 5.46. The molecule has 2 bridgehead atoms. The second-order valence-corrected chi connectivity index (χ2v) is 6.80. The van der Waals surface area contributed by atoms with E-state index in [0.29, 0.717) is 12.8 Å². The number of hydrogen-bond acceptors (Lipinski definition) is 4. The Morgan fingerprint density at radius 2 is 1.89 bits per heavy atom. The summed E-state index contributed by atoms with van der Waals surface area (Å²) in [4.78, 5) is 23.6. The van der Waals surface area contributed by atoms with Gasteiger partial charge in [-0.1, -0.05) is 11.6 Å². The minimum Gasteiger partial charge on any atom is -0.449 e. The summed E-state index contributed by atoms with van der Waals surface area (Å²) < 4.78 is 10.1. The first-order valence-corrected chi connectivity index (χ1v) is 6.98. The van der Waals surface area contributed by atoms with Gasteiger partial charge in [-0.15, -0.1) is 0 Å². The molecule has 3 aliphatic carbocycles. The van der Waals surface area contributed by atoms with E-state index in [1.165, 1.54) is 0 Å². The van der Waals surface area contributed by atoms with Crippen molar-refractivity contribution in [1.82, 2.24) is 5.32 Å². The maximum atomic E-state index is 11.8. The zero-order valence-electron chi connectivity index (χ0n) is 11.5. The topological polar surface area (TPSA) is 64.6 Å². The van der Waals surface area contributed by atoms with Crippen LogP contribution in [0.4, 0.5) is 4.79 Å². The van der Waals surface area contributed by atoms with Gasteiger partial charge in [0.1, 0.15) is 5.60 Å². The van der Waals surface area contributed by atoms with Crippen LogP contribution >= 0.6 is 11.6 Å². The molecule has 0 aromatic carbocycles. The molecule has 0 radical (unpaired) electrons. The van der Waals surface area contributed by atoms with Gasteiger partial charge < -0.3 is 14.8 Å². The van der Waals surface area contributed by atoms with Crippen molar-refractivity contribution in [3.05, 3.63) is 0 Å². The number of hydrogen-bond donors (Lipinski definition) is 1. The molecule has 1 N–H and O–H groups in total. The minimum atomic E-state index is -0.516. The van der Waals surface area contributed by atoms with Crippen molar-refractivity contribution in [3.63, 3.8) is 0 Å². The third-order valence-electron chi connectivity index (χ3n) is 3.82. The van der Waals surface area contributed by atoms with E-state index in [4.69, 9.17) is 21.1 Å². The number of ether oxygens (including phenoxy) is 2. The third-order valence-corrected chi connectivity index (χ3v) is 3.93. The summed E-state index contributed by atoms with van der Waals surface area (Å²) in [5.74, 6) is -0.249. The summed E-state index contributed by atoms with van der Waals surface area (Å²) >= 11 is 5.41. The van der Waals surface area contributed by atoms with Crippen molar-refractivity contribution in [2.45, 2.75) is 57.6 Å². The summed E-state index contributed by atoms with van der Waals surface area (Å²) in [6.07, 6.45) is 2.33. The molecule has 0 aliphatic heterocycles. The molecule has 0 saturated heterocycles. The molecule has 3 fully saturated rings. The highest BCUT2D eigenvalue weighted by atomic mass is 35.5. The standard InChI is InChI=1S/C13H20ClNO4/c1-11(2,3)19-10(17)15-13-5-4-12(6-13,7-13)9(16)18-8-14/h4-8H2,1-3H3,(H,15,17). The summed E-state index contributed by atoms with van der Waals surface area (Å²) in [6, 6.07) is -0.118. The van der Waals surface area contributed by atoms with Crippen molar-refractivity contribution in [1.29, 1.82) is 0 Å². The molecular formula is C13H20ClNO4. The Morgan fingerprint density at radius 3 is 2.42 bits per heavy atom. The van der Waals surface area contributed by atoms with Gasteiger partial charge in [-0.25, -0.2) is 4.79 Å². The van der Waals surface area contributed by atoms with E-state index in [9.17, 15) is 9.59 Å². The van der Waals surface area contributed by atoms with E-state index in [1.54, 1.807) is 0 Å². The molecule has 0 unspecified atom stereocenters. The van der Waals surface area contributed by atoms with Gasteiger partial charge in [-0.05, 0) is 46.5 Å². The molecule has 0 atom stereocenters. The van der Waals surface area contributed by atoms with E-state index < -0.39 is 17.1 Å². The van der Waals surface area contributed by atoms with Crippen LogP contribution in [-0.4, -0.2) is 29.3 Å². The molecule has 108 valence electrons. The lowest BCUT2D eigenvalue weighted by atomic mass is 9.65. The number of carbonyl (C=O) groups is 2. The van der Waals surface area contributed by atoms with E-state index in [1.807, 2.05) is 20.8 Å². The fraction of sp³-hybridized carbons (Fsp3) is 0.846. The van der Waals surface area contributed by atoms with Crippen LogP contribution in [-0.2, 0) is 14.3 Å². The fourth-order valence-corrected chi connectivity index (χ4v) is 3.29. The van der Waals surface area contributed by atoms with Crippen LogP contribution in [0.3, 0.4) is 0 Å². The number of carbonyl (C=O) groups excluding carboxylic acids is 2. The second-order valence-electron chi connectivity index (χ2n) is 6.58. The Balaban J connectivity index is 1.90. The van der Waals surface area contributed by atoms with E-state index >= 15 is 0 Å². The van der Waals surface area contributed by atoms with Crippen LogP contribution in [0.2, 0.25) is 0 Å². The summed E-state index contributed by atoms with van der Waals surface area (Å²) in [5.41, 5.74) is -1.25. The van der Waals surface area contributed by atoms with Crippen LogP contribution in [0.15, 0.2) is 0 Å². The highest BCUT2D eigenvalue weighted by Gasteiger charge is 2.66. The zero-order valence-corrected chi connectivity index (χ0v) is 12.3. The molecule has 0 spiro atoms. The van der Waals surface area contributed by atoms with Crippen molar-refractivity contribution >= 4 is 23.7 Å². The molecule has 3 rings (SSSR count). The SMILES string of the molecule is CC(C)(C)OC(=O)NC12CCC(C(=O)OCCl)(C1)C2. The smallest absolute Gasteiger partial charge is 0.408 e. The molecule has 0 aromatic heterocycles. The Hall–Kier alpha value is -0.970. The quantitative estimate of drug-likeness (QED) is 0.640. The lowest BCUT2D eigenvalue weighted by Crippen LogP contribution is -2.58. The number of alkyl halides is 1. The van der Waals surface area contributed by atoms with Gasteiger partial charge in [-0.3, -0.25) is 4.79 Å². The van der Waals surface area contributed by atoms with Crippen LogP contribution in [0.1, 0.15) is 46.5 Å². The van der Waals surface area contributed by atoms with Crippen LogP contribution in [0.5, 0.6) is 0 Å². The predicted octanol–water partition coefficient (Wildman–Crippen LogP) is 2.56. The Morgan fingerprint density at radius 1 is 1.26 bits per heavy atom. The molecule has 0 aromatic rings. The number of halogens is 1. The van der Waals surface area contributed by atoms with Crippen molar-refractivity contribution in [2.24, 2.45) is 5.41 Å². The van der Waals surface area contributed by atoms with E-state index in [-0.39, 0.29) is 17.6 Å². The summed E-state index contributed by atoms with van der Waals surface area (Å²) in [5, 5.41) is 2.90. The third kappa shape index (κ3) is 2.81. The van der Waals surface area contributed by atoms with Gasteiger partial charge in [0.15, 0.2) is 6.07 Å². The Kier molecular flexibility index (Phi) is 3.45. The number of nitrogens with one attached hydrogen (secondary N) is 1. The fourth-order valence-electron chi connectivity index (χ4n) is 3.20. The van der Waals surface area contributed by atoms with Gasteiger partial charge >= 0.3 is 12.1 Å². The molecule has 1 amide bonds. The molecular weight excluding hydrogens is 270 g/mol. The number of esters is 1. The van der Waals surface area contributed by atoms with Crippen molar-refractivity contribution < 1.29 is 19.1 Å². The first-order valence-electron chi connectivity index (χ1n) is 6.45. The van der Waals surface area contributed by atoms with Crippen LogP contribution in [0, 0.1) is 5.41 Å². The average Bonchev–Trinajstić information content (AvgIpc) is 2.70. The number of amides is 1. The van der Waals surface area contributed by atoms with E-state index in [0.717, 1.165) is 12.8 Å². The van der Waals surface area contributed by atoms with E-state index in [2.05, 4.69) is 5.32 Å². The monoisotopic (exact) mass is 289 g/mol. The molecule has 3 aliphatic rings. The molecule has 19 heavy (non-hydrogen) atoms. The van der Waals surface area contributed by atoms with Crippen LogP contribution < -0.4 is 5.32 Å². The first kappa shape index (κ1) is 14.4. The predicted molar refractivity (Wildman–Crippen MR) is 69.8 cm³/mol. The Bertz CT molecular complexity index is 396. The van der Waals surface area contributed by atoms with Gasteiger partial charge in [0.25, 0.3) is 0 Å². The second kappa shape index (κ2) is 4.54. The largest absolute Gasteiger partial charge is 0.449 e. The lowest BCUT2D eigenvalue weighted by Gasteiger charge is -2.45. The normalized spacial score (nSPS) is 32.4. The summed E-state index contributed by atoms with van der Waals surface area (Å²) in [7, 11) is 0. The minimum absolute atomic E-state index is 0.118. The zero-order chi connectivity index (χ0) is 14.3. The highest BCUT2D eigenvalue weighted by Crippen LogP contribution is 2.62. The lowest BCUT2D eigenvalue weighted by molar-refractivity contribution is -0.159. The van der Waals surface area contributed by atoms with Gasteiger partial charge in [0.2, 0.25) is 0 Å². The van der Waals surface area contributed by atoms with Crippen molar-refractivity contribution in [3.8, 4) is 0 Å². The number of fused-ring (bicyclic) bond motifs is 1. The molecule has 5 nitrogen and oxygen atoms in total. The first-order chi connectivity index (χ1) is 8.70. The number of rotatable bonds is 3. The average molecular weight is 290 g/mol. The van der Waals surface area contributed by atoms with Gasteiger partial charge in [0, 0.05) is 5.54 Å². The van der Waals surface area contributed by atoms with Crippen LogP contribution in [0.25, 0.3) is 0 Å². The molecule has 6 heteroatoms. The molecule has 0 heterocycles.